The number of nitrogens with two attached hydrogens (primary N) is 1. The number of hydrogen-bond donors (Lipinski definition) is 1. The van der Waals surface area contributed by atoms with Crippen molar-refractivity contribution in [1.82, 2.24) is 9.80 Å². The van der Waals surface area contributed by atoms with Gasteiger partial charge in [0.2, 0.25) is 5.91 Å². The SMILES string of the molecule is CCOC(CN)CN(C)CC(=O)N(C)C. The highest BCUT2D eigenvalue weighted by Crippen LogP contribution is 1.94. The molecule has 0 saturated carbocycles. The van der Waals surface area contributed by atoms with Crippen LogP contribution in [0.25, 0.3) is 0 Å². The van der Waals surface area contributed by atoms with Gasteiger partial charge in [0.05, 0.1) is 12.6 Å². The summed E-state index contributed by atoms with van der Waals surface area (Å²) in [7, 11) is 5.39. The van der Waals surface area contributed by atoms with Crippen molar-refractivity contribution in [3.63, 3.8) is 0 Å². The molecule has 0 aromatic rings. The molecule has 1 amide bonds. The highest BCUT2D eigenvalue weighted by molar-refractivity contribution is 5.77. The summed E-state index contributed by atoms with van der Waals surface area (Å²) in [5.74, 6) is 0.0877. The number of nitrogens with zero attached hydrogens (tertiary/aromatic N) is 2. The van der Waals surface area contributed by atoms with E-state index < -0.39 is 0 Å². The molecule has 90 valence electrons. The normalized spacial score (nSPS) is 12.9. The van der Waals surface area contributed by atoms with Crippen LogP contribution in [0.3, 0.4) is 0 Å². The van der Waals surface area contributed by atoms with Crippen molar-refractivity contribution in [2.24, 2.45) is 5.73 Å². The van der Waals surface area contributed by atoms with Crippen LogP contribution < -0.4 is 5.73 Å². The van der Waals surface area contributed by atoms with E-state index in [0.29, 0.717) is 26.2 Å². The zero-order chi connectivity index (χ0) is 11.8. The van der Waals surface area contributed by atoms with Crippen molar-refractivity contribution >= 4 is 5.91 Å². The lowest BCUT2D eigenvalue weighted by atomic mass is 10.3. The Morgan fingerprint density at radius 3 is 2.40 bits per heavy atom. The molecule has 1 atom stereocenters. The molecule has 5 heteroatoms. The molecule has 2 N–H and O–H groups in total. The Morgan fingerprint density at radius 1 is 1.40 bits per heavy atom. The van der Waals surface area contributed by atoms with Gasteiger partial charge in [-0.2, -0.15) is 0 Å². The number of carbonyl (C=O) groups excluding carboxylic acids is 1. The molecular formula is C10H23N3O2. The minimum Gasteiger partial charge on any atom is -0.376 e. The molecule has 0 aliphatic rings. The lowest BCUT2D eigenvalue weighted by Crippen LogP contribution is -2.41. The third kappa shape index (κ3) is 6.43. The first-order valence-corrected chi connectivity index (χ1v) is 5.21. The molecule has 0 aromatic heterocycles. The summed E-state index contributed by atoms with van der Waals surface area (Å²) < 4.78 is 5.41. The summed E-state index contributed by atoms with van der Waals surface area (Å²) in [6.07, 6.45) is 0.00922. The van der Waals surface area contributed by atoms with E-state index in [9.17, 15) is 4.79 Å². The predicted octanol–water partition coefficient (Wildman–Crippen LogP) is -0.630. The molecule has 0 radical (unpaired) electrons. The van der Waals surface area contributed by atoms with Gasteiger partial charge in [-0.05, 0) is 14.0 Å². The lowest BCUT2D eigenvalue weighted by molar-refractivity contribution is -0.129. The van der Waals surface area contributed by atoms with Crippen LogP contribution in [0.4, 0.5) is 0 Å². The minimum atomic E-state index is 0.00922. The summed E-state index contributed by atoms with van der Waals surface area (Å²) in [6, 6.07) is 0. The Morgan fingerprint density at radius 2 is 2.00 bits per heavy atom. The third-order valence-electron chi connectivity index (χ3n) is 2.08. The largest absolute Gasteiger partial charge is 0.376 e. The second-order valence-electron chi connectivity index (χ2n) is 3.80. The highest BCUT2D eigenvalue weighted by atomic mass is 16.5. The van der Waals surface area contributed by atoms with Crippen LogP contribution in [-0.2, 0) is 9.53 Å². The van der Waals surface area contributed by atoms with E-state index in [1.165, 1.54) is 0 Å². The van der Waals surface area contributed by atoms with Crippen molar-refractivity contribution in [3.05, 3.63) is 0 Å². The van der Waals surface area contributed by atoms with Crippen molar-refractivity contribution in [2.45, 2.75) is 13.0 Å². The highest BCUT2D eigenvalue weighted by Gasteiger charge is 2.13. The van der Waals surface area contributed by atoms with Crippen LogP contribution in [-0.4, -0.2) is 69.2 Å². The predicted molar refractivity (Wildman–Crippen MR) is 60.7 cm³/mol. The van der Waals surface area contributed by atoms with E-state index in [-0.39, 0.29) is 12.0 Å². The monoisotopic (exact) mass is 217 g/mol. The Bertz CT molecular complexity index is 186. The van der Waals surface area contributed by atoms with E-state index in [0.717, 1.165) is 0 Å². The molecular weight excluding hydrogens is 194 g/mol. The smallest absolute Gasteiger partial charge is 0.236 e. The van der Waals surface area contributed by atoms with Gasteiger partial charge in [0.25, 0.3) is 0 Å². The van der Waals surface area contributed by atoms with Gasteiger partial charge in [-0.1, -0.05) is 0 Å². The van der Waals surface area contributed by atoms with Gasteiger partial charge < -0.3 is 15.4 Å². The average molecular weight is 217 g/mol. The molecule has 0 saturated heterocycles. The molecule has 15 heavy (non-hydrogen) atoms. The van der Waals surface area contributed by atoms with Gasteiger partial charge in [0, 0.05) is 33.8 Å². The molecule has 0 rings (SSSR count). The Balaban J connectivity index is 3.89. The number of carbonyl (C=O) groups is 1. The van der Waals surface area contributed by atoms with Crippen LogP contribution in [0.5, 0.6) is 0 Å². The van der Waals surface area contributed by atoms with Gasteiger partial charge in [0.15, 0.2) is 0 Å². The fraction of sp³-hybridized carbons (Fsp3) is 0.900. The number of ether oxygens (including phenoxy) is 1. The van der Waals surface area contributed by atoms with E-state index in [1.807, 2.05) is 18.9 Å². The Labute approximate surface area is 92.2 Å². The van der Waals surface area contributed by atoms with Crippen molar-refractivity contribution < 1.29 is 9.53 Å². The molecule has 1 unspecified atom stereocenters. The van der Waals surface area contributed by atoms with E-state index >= 15 is 0 Å². The first-order chi connectivity index (χ1) is 7.01. The molecule has 0 aliphatic carbocycles. The Hall–Kier alpha value is -0.650. The fourth-order valence-corrected chi connectivity index (χ4v) is 1.22. The lowest BCUT2D eigenvalue weighted by Gasteiger charge is -2.23. The van der Waals surface area contributed by atoms with Crippen LogP contribution in [0.1, 0.15) is 6.92 Å². The maximum atomic E-state index is 11.4. The fourth-order valence-electron chi connectivity index (χ4n) is 1.22. The summed E-state index contributed by atoms with van der Waals surface area (Å²) in [5, 5.41) is 0. The van der Waals surface area contributed by atoms with E-state index in [2.05, 4.69) is 0 Å². The summed E-state index contributed by atoms with van der Waals surface area (Å²) in [6.45, 7) is 4.15. The topological polar surface area (TPSA) is 58.8 Å². The first-order valence-electron chi connectivity index (χ1n) is 5.21. The van der Waals surface area contributed by atoms with Gasteiger partial charge in [-0.25, -0.2) is 0 Å². The average Bonchev–Trinajstić information content (AvgIpc) is 2.16. The van der Waals surface area contributed by atoms with E-state index in [4.69, 9.17) is 10.5 Å². The maximum Gasteiger partial charge on any atom is 0.236 e. The van der Waals surface area contributed by atoms with Crippen molar-refractivity contribution in [3.8, 4) is 0 Å². The van der Waals surface area contributed by atoms with Crippen LogP contribution in [0.2, 0.25) is 0 Å². The zero-order valence-electron chi connectivity index (χ0n) is 10.2. The second-order valence-corrected chi connectivity index (χ2v) is 3.80. The number of amides is 1. The minimum absolute atomic E-state index is 0.00922. The van der Waals surface area contributed by atoms with Crippen LogP contribution in [0.15, 0.2) is 0 Å². The number of hydrogen-bond acceptors (Lipinski definition) is 4. The molecule has 5 nitrogen and oxygen atoms in total. The summed E-state index contributed by atoms with van der Waals surface area (Å²) in [4.78, 5) is 14.9. The molecule has 0 spiro atoms. The molecule has 0 aromatic carbocycles. The van der Waals surface area contributed by atoms with Crippen molar-refractivity contribution in [1.29, 1.82) is 0 Å². The Kier molecular flexibility index (Phi) is 7.29. The quantitative estimate of drug-likeness (QED) is 0.617. The molecule has 0 heterocycles. The maximum absolute atomic E-state index is 11.4. The number of likely N-dealkylation sites (N-methyl/N-ethyl adjacent to an activating group) is 2. The second kappa shape index (κ2) is 7.62. The van der Waals surface area contributed by atoms with Gasteiger partial charge >= 0.3 is 0 Å². The van der Waals surface area contributed by atoms with Gasteiger partial charge in [-0.3, -0.25) is 9.69 Å². The van der Waals surface area contributed by atoms with Crippen LogP contribution in [0, 0.1) is 0 Å². The van der Waals surface area contributed by atoms with Gasteiger partial charge in [0.1, 0.15) is 0 Å². The first kappa shape index (κ1) is 14.3. The third-order valence-corrected chi connectivity index (χ3v) is 2.08. The molecule has 0 aliphatic heterocycles. The van der Waals surface area contributed by atoms with Crippen molar-refractivity contribution in [2.75, 3.05) is 47.4 Å². The van der Waals surface area contributed by atoms with E-state index in [1.54, 1.807) is 19.0 Å². The molecule has 0 bridgehead atoms. The summed E-state index contributed by atoms with van der Waals surface area (Å²) in [5.41, 5.74) is 5.55. The molecule has 0 fully saturated rings. The standard InChI is InChI=1S/C10H23N3O2/c1-5-15-9(6-11)7-13(4)8-10(14)12(2)3/h9H,5-8,11H2,1-4H3. The zero-order valence-corrected chi connectivity index (χ0v) is 10.2. The summed E-state index contributed by atoms with van der Waals surface area (Å²) >= 11 is 0. The van der Waals surface area contributed by atoms with Crippen LogP contribution >= 0.6 is 0 Å². The van der Waals surface area contributed by atoms with Gasteiger partial charge in [-0.15, -0.1) is 0 Å². The number of rotatable bonds is 7.